The van der Waals surface area contributed by atoms with Gasteiger partial charge in [-0.05, 0) is 65.0 Å². The Balaban J connectivity index is 1.75. The van der Waals surface area contributed by atoms with Gasteiger partial charge in [0, 0.05) is 24.2 Å². The van der Waals surface area contributed by atoms with E-state index < -0.39 is 21.5 Å². The third-order valence-corrected chi connectivity index (χ3v) is 6.91. The molecule has 0 saturated carbocycles. The van der Waals surface area contributed by atoms with Crippen LogP contribution in [0, 0.1) is 0 Å². The second-order valence-corrected chi connectivity index (χ2v) is 11.1. The highest BCUT2D eigenvalue weighted by Crippen LogP contribution is 2.25. The van der Waals surface area contributed by atoms with E-state index in [0.717, 1.165) is 18.9 Å². The van der Waals surface area contributed by atoms with Crippen LogP contribution in [0.3, 0.4) is 0 Å². The number of hydrogen-bond acceptors (Lipinski definition) is 6. The maximum Gasteiger partial charge on any atom is 0.255 e. The van der Waals surface area contributed by atoms with Gasteiger partial charge in [-0.3, -0.25) is 4.79 Å². The summed E-state index contributed by atoms with van der Waals surface area (Å²) in [5.41, 5.74) is -0.0203. The number of aromatic nitrogens is 1. The molecule has 1 aromatic heterocycles. The van der Waals surface area contributed by atoms with E-state index in [4.69, 9.17) is 16.3 Å². The van der Waals surface area contributed by atoms with Gasteiger partial charge in [-0.1, -0.05) is 11.6 Å². The molecule has 1 amide bonds. The number of sulfonamides is 1. The van der Waals surface area contributed by atoms with Crippen molar-refractivity contribution in [2.45, 2.75) is 57.3 Å². The van der Waals surface area contributed by atoms with Gasteiger partial charge < -0.3 is 15.0 Å². The van der Waals surface area contributed by atoms with E-state index in [1.807, 2.05) is 19.9 Å². The first-order valence-corrected chi connectivity index (χ1v) is 12.2. The Morgan fingerprint density at radius 2 is 1.81 bits per heavy atom. The largest absolute Gasteiger partial charge is 0.372 e. The average Bonchev–Trinajstić information content (AvgIpc) is 2.66. The molecule has 2 atom stereocenters. The summed E-state index contributed by atoms with van der Waals surface area (Å²) in [6, 6.07) is 7.75. The van der Waals surface area contributed by atoms with Crippen LogP contribution in [-0.2, 0) is 14.8 Å². The Labute approximate surface area is 194 Å². The molecule has 1 aromatic carbocycles. The minimum atomic E-state index is -3.89. The third kappa shape index (κ3) is 6.19. The number of morpholine rings is 1. The molecule has 0 aliphatic carbocycles. The lowest BCUT2D eigenvalue weighted by molar-refractivity contribution is -0.00545. The van der Waals surface area contributed by atoms with E-state index in [0.29, 0.717) is 5.69 Å². The van der Waals surface area contributed by atoms with E-state index in [-0.39, 0.29) is 27.7 Å². The number of amides is 1. The zero-order valence-electron chi connectivity index (χ0n) is 18.8. The summed E-state index contributed by atoms with van der Waals surface area (Å²) in [5, 5.41) is 2.79. The molecule has 10 heteroatoms. The van der Waals surface area contributed by atoms with Gasteiger partial charge in [0.15, 0.2) is 0 Å². The first kappa shape index (κ1) is 24.4. The number of carbonyl (C=O) groups excluding carboxylic acids is 1. The van der Waals surface area contributed by atoms with Gasteiger partial charge in [0.05, 0.1) is 29.1 Å². The van der Waals surface area contributed by atoms with E-state index in [2.05, 4.69) is 19.9 Å². The van der Waals surface area contributed by atoms with Gasteiger partial charge in [0.1, 0.15) is 10.7 Å². The predicted octanol–water partition coefficient (Wildman–Crippen LogP) is 3.68. The van der Waals surface area contributed by atoms with Crippen LogP contribution in [0.1, 0.15) is 45.0 Å². The molecular weight excluding hydrogens is 452 g/mol. The first-order valence-electron chi connectivity index (χ1n) is 10.4. The van der Waals surface area contributed by atoms with Crippen LogP contribution >= 0.6 is 11.6 Å². The van der Waals surface area contributed by atoms with Gasteiger partial charge in [-0.2, -0.15) is 0 Å². The molecule has 1 fully saturated rings. The van der Waals surface area contributed by atoms with E-state index >= 15 is 0 Å². The van der Waals surface area contributed by atoms with Crippen molar-refractivity contribution in [1.29, 1.82) is 0 Å². The molecule has 3 rings (SSSR count). The Morgan fingerprint density at radius 1 is 1.16 bits per heavy atom. The Kier molecular flexibility index (Phi) is 7.14. The van der Waals surface area contributed by atoms with E-state index in [1.165, 1.54) is 18.2 Å². The lowest BCUT2D eigenvalue weighted by atomic mass is 10.1. The highest BCUT2D eigenvalue weighted by molar-refractivity contribution is 7.89. The van der Waals surface area contributed by atoms with Crippen molar-refractivity contribution in [3.8, 4) is 0 Å². The molecule has 0 spiro atoms. The summed E-state index contributed by atoms with van der Waals surface area (Å²) in [4.78, 5) is 19.2. The molecule has 32 heavy (non-hydrogen) atoms. The fourth-order valence-electron chi connectivity index (χ4n) is 3.52. The molecule has 1 aliphatic rings. The van der Waals surface area contributed by atoms with Gasteiger partial charge in [0.2, 0.25) is 10.0 Å². The van der Waals surface area contributed by atoms with Gasteiger partial charge in [-0.25, -0.2) is 18.1 Å². The molecule has 2 aromatic rings. The monoisotopic (exact) mass is 480 g/mol. The zero-order chi connectivity index (χ0) is 23.7. The maximum atomic E-state index is 12.7. The standard InChI is InChI=1S/C22H29ClN4O4S/c1-14-12-27(13-15(2)31-14)20-9-7-17(11-24-20)25-21(28)16-6-8-18(23)19(10-16)32(29,30)26-22(3,4)5/h6-11,14-15,26H,12-13H2,1-5H3,(H,25,28). The average molecular weight is 481 g/mol. The van der Waals surface area contributed by atoms with Crippen LogP contribution in [0.15, 0.2) is 41.4 Å². The van der Waals surface area contributed by atoms with Gasteiger partial charge in [0.25, 0.3) is 5.91 Å². The Morgan fingerprint density at radius 3 is 2.38 bits per heavy atom. The number of hydrogen-bond donors (Lipinski definition) is 2. The molecule has 0 bridgehead atoms. The normalized spacial score (nSPS) is 19.6. The van der Waals surface area contributed by atoms with Crippen LogP contribution in [0.5, 0.6) is 0 Å². The second-order valence-electron chi connectivity index (χ2n) is 9.02. The molecular formula is C22H29ClN4O4S. The van der Waals surface area contributed by atoms with Gasteiger partial charge in [-0.15, -0.1) is 0 Å². The predicted molar refractivity (Wildman–Crippen MR) is 126 cm³/mol. The fraction of sp³-hybridized carbons (Fsp3) is 0.455. The van der Waals surface area contributed by atoms with Crippen LogP contribution < -0.4 is 14.9 Å². The highest BCUT2D eigenvalue weighted by atomic mass is 35.5. The van der Waals surface area contributed by atoms with Gasteiger partial charge >= 0.3 is 0 Å². The summed E-state index contributed by atoms with van der Waals surface area (Å²) < 4.78 is 33.7. The van der Waals surface area contributed by atoms with E-state index in [1.54, 1.807) is 33.0 Å². The number of pyridine rings is 1. The van der Waals surface area contributed by atoms with Crippen molar-refractivity contribution in [3.05, 3.63) is 47.1 Å². The van der Waals surface area contributed by atoms with E-state index in [9.17, 15) is 13.2 Å². The zero-order valence-corrected chi connectivity index (χ0v) is 20.4. The van der Waals surface area contributed by atoms with Crippen LogP contribution in [0.25, 0.3) is 0 Å². The SMILES string of the molecule is CC1CN(c2ccc(NC(=O)c3ccc(Cl)c(S(=O)(=O)NC(C)(C)C)c3)cn2)CC(C)O1. The first-order chi connectivity index (χ1) is 14.8. The number of ether oxygens (including phenoxy) is 1. The molecule has 0 radical (unpaired) electrons. The number of anilines is 2. The summed E-state index contributed by atoms with van der Waals surface area (Å²) in [5.74, 6) is 0.343. The summed E-state index contributed by atoms with van der Waals surface area (Å²) >= 11 is 6.11. The quantitative estimate of drug-likeness (QED) is 0.677. The van der Waals surface area contributed by atoms with Crippen molar-refractivity contribution in [2.75, 3.05) is 23.3 Å². The maximum absolute atomic E-state index is 12.7. The van der Waals surface area contributed by atoms with Crippen LogP contribution in [0.4, 0.5) is 11.5 Å². The second kappa shape index (κ2) is 9.35. The number of nitrogens with zero attached hydrogens (tertiary/aromatic N) is 2. The molecule has 2 heterocycles. The summed E-state index contributed by atoms with van der Waals surface area (Å²) in [6.45, 7) is 10.7. The minimum Gasteiger partial charge on any atom is -0.372 e. The number of rotatable bonds is 5. The lowest BCUT2D eigenvalue weighted by Gasteiger charge is -2.36. The number of carbonyl (C=O) groups is 1. The third-order valence-electron chi connectivity index (χ3n) is 4.67. The summed E-state index contributed by atoms with van der Waals surface area (Å²) in [7, 11) is -3.89. The molecule has 8 nitrogen and oxygen atoms in total. The van der Waals surface area contributed by atoms with Crippen molar-refractivity contribution < 1.29 is 17.9 Å². The lowest BCUT2D eigenvalue weighted by Crippen LogP contribution is -2.45. The summed E-state index contributed by atoms with van der Waals surface area (Å²) in [6.07, 6.45) is 1.80. The fourth-order valence-corrected chi connectivity index (χ4v) is 5.47. The van der Waals surface area contributed by atoms with Crippen molar-refractivity contribution in [3.63, 3.8) is 0 Å². The highest BCUT2D eigenvalue weighted by Gasteiger charge is 2.26. The Bertz CT molecular complexity index is 1070. The molecule has 1 saturated heterocycles. The van der Waals surface area contributed by atoms with Crippen LogP contribution in [-0.4, -0.2) is 50.1 Å². The number of nitrogens with one attached hydrogen (secondary N) is 2. The molecule has 2 unspecified atom stereocenters. The smallest absolute Gasteiger partial charge is 0.255 e. The minimum absolute atomic E-state index is 0.0401. The molecule has 1 aliphatic heterocycles. The van der Waals surface area contributed by atoms with Crippen molar-refractivity contribution in [2.24, 2.45) is 0 Å². The number of halogens is 1. The van der Waals surface area contributed by atoms with Crippen molar-refractivity contribution >= 4 is 39.0 Å². The molecule has 174 valence electrons. The topological polar surface area (TPSA) is 101 Å². The molecule has 2 N–H and O–H groups in total. The number of benzene rings is 1. The Hall–Kier alpha value is -2.20. The van der Waals surface area contributed by atoms with Crippen LogP contribution in [0.2, 0.25) is 5.02 Å². The van der Waals surface area contributed by atoms with Crippen molar-refractivity contribution in [1.82, 2.24) is 9.71 Å².